The van der Waals surface area contributed by atoms with Crippen LogP contribution < -0.4 is 14.8 Å². The maximum absolute atomic E-state index is 12.2. The number of methoxy groups -OCH3 is 3. The molecule has 0 radical (unpaired) electrons. The zero-order chi connectivity index (χ0) is 19.2. The first-order valence-corrected chi connectivity index (χ1v) is 9.60. The number of ether oxygens (including phenoxy) is 3. The molecule has 0 saturated carbocycles. The number of aromatic nitrogens is 3. The van der Waals surface area contributed by atoms with Gasteiger partial charge in [-0.3, -0.25) is 4.79 Å². The van der Waals surface area contributed by atoms with Gasteiger partial charge in [-0.1, -0.05) is 11.3 Å². The van der Waals surface area contributed by atoms with Crippen molar-refractivity contribution in [3.8, 4) is 22.1 Å². The highest BCUT2D eigenvalue weighted by Crippen LogP contribution is 2.33. The molecule has 0 bridgehead atoms. The standard InChI is InChI=1S/C17H18N4O4S2/c1-23-8-15-20-21-17(27-15)19-14(22)7-11-9-26-16(18-11)10-4-5-12(24-2)13(6-10)25-3/h4-6,9H,7-8H2,1-3H3,(H,19,21,22). The van der Waals surface area contributed by atoms with Crippen molar-refractivity contribution in [1.82, 2.24) is 15.2 Å². The molecule has 0 aliphatic heterocycles. The van der Waals surface area contributed by atoms with Gasteiger partial charge in [0.2, 0.25) is 11.0 Å². The van der Waals surface area contributed by atoms with E-state index in [1.165, 1.54) is 22.7 Å². The number of rotatable bonds is 8. The smallest absolute Gasteiger partial charge is 0.232 e. The van der Waals surface area contributed by atoms with Crippen molar-refractivity contribution in [2.75, 3.05) is 26.6 Å². The second kappa shape index (κ2) is 8.89. The Morgan fingerprint density at radius 2 is 1.96 bits per heavy atom. The Morgan fingerprint density at radius 3 is 2.70 bits per heavy atom. The van der Waals surface area contributed by atoms with E-state index in [9.17, 15) is 4.79 Å². The summed E-state index contributed by atoms with van der Waals surface area (Å²) in [4.78, 5) is 16.7. The number of hydrogen-bond donors (Lipinski definition) is 1. The van der Waals surface area contributed by atoms with Crippen LogP contribution in [0.4, 0.5) is 5.13 Å². The summed E-state index contributed by atoms with van der Waals surface area (Å²) in [5, 5.41) is 14.4. The Kier molecular flexibility index (Phi) is 6.32. The normalized spacial score (nSPS) is 10.6. The van der Waals surface area contributed by atoms with Gasteiger partial charge in [-0.25, -0.2) is 4.98 Å². The topological polar surface area (TPSA) is 95.5 Å². The van der Waals surface area contributed by atoms with E-state index in [-0.39, 0.29) is 12.3 Å². The maximum atomic E-state index is 12.2. The highest BCUT2D eigenvalue weighted by molar-refractivity contribution is 7.15. The van der Waals surface area contributed by atoms with Crippen LogP contribution in [-0.4, -0.2) is 42.4 Å². The molecule has 2 aromatic heterocycles. The molecular weight excluding hydrogens is 388 g/mol. The van der Waals surface area contributed by atoms with Crippen molar-refractivity contribution >= 4 is 33.7 Å². The highest BCUT2D eigenvalue weighted by atomic mass is 32.1. The Morgan fingerprint density at radius 1 is 1.15 bits per heavy atom. The number of anilines is 1. The first kappa shape index (κ1) is 19.2. The molecule has 0 fully saturated rings. The molecule has 0 aliphatic rings. The van der Waals surface area contributed by atoms with Crippen molar-refractivity contribution in [2.45, 2.75) is 13.0 Å². The lowest BCUT2D eigenvalue weighted by Gasteiger charge is -2.08. The van der Waals surface area contributed by atoms with Gasteiger partial charge in [0.05, 0.1) is 26.3 Å². The third kappa shape index (κ3) is 4.79. The zero-order valence-electron chi connectivity index (χ0n) is 15.0. The lowest BCUT2D eigenvalue weighted by molar-refractivity contribution is -0.115. The first-order valence-electron chi connectivity index (χ1n) is 7.91. The molecule has 3 aromatic rings. The molecule has 0 atom stereocenters. The van der Waals surface area contributed by atoms with Crippen LogP contribution in [-0.2, 0) is 22.6 Å². The van der Waals surface area contributed by atoms with E-state index in [1.54, 1.807) is 21.3 Å². The number of carbonyl (C=O) groups is 1. The number of hydrogen-bond acceptors (Lipinski definition) is 9. The minimum absolute atomic E-state index is 0.156. The second-order valence-corrected chi connectivity index (χ2v) is 7.29. The Bertz CT molecular complexity index is 925. The van der Waals surface area contributed by atoms with E-state index < -0.39 is 0 Å². The SMILES string of the molecule is COCc1nnc(NC(=O)Cc2csc(-c3ccc(OC)c(OC)c3)n2)s1. The molecule has 0 aliphatic carbocycles. The monoisotopic (exact) mass is 406 g/mol. The number of amides is 1. The minimum Gasteiger partial charge on any atom is -0.493 e. The molecule has 8 nitrogen and oxygen atoms in total. The summed E-state index contributed by atoms with van der Waals surface area (Å²) < 4.78 is 15.6. The number of nitrogens with one attached hydrogen (secondary N) is 1. The van der Waals surface area contributed by atoms with Gasteiger partial charge in [0.25, 0.3) is 0 Å². The maximum Gasteiger partial charge on any atom is 0.232 e. The van der Waals surface area contributed by atoms with Crippen LogP contribution in [0.3, 0.4) is 0 Å². The lowest BCUT2D eigenvalue weighted by Crippen LogP contribution is -2.14. The number of thiazole rings is 1. The van der Waals surface area contributed by atoms with E-state index in [1.807, 2.05) is 23.6 Å². The van der Waals surface area contributed by atoms with Crippen molar-refractivity contribution in [3.05, 3.63) is 34.3 Å². The fourth-order valence-electron chi connectivity index (χ4n) is 2.30. The van der Waals surface area contributed by atoms with Gasteiger partial charge in [-0.05, 0) is 18.2 Å². The fraction of sp³-hybridized carbons (Fsp3) is 0.294. The van der Waals surface area contributed by atoms with E-state index in [4.69, 9.17) is 14.2 Å². The predicted molar refractivity (Wildman–Crippen MR) is 104 cm³/mol. The van der Waals surface area contributed by atoms with Gasteiger partial charge >= 0.3 is 0 Å². The van der Waals surface area contributed by atoms with Crippen LogP contribution in [0.1, 0.15) is 10.7 Å². The average Bonchev–Trinajstić information content (AvgIpc) is 3.31. The summed E-state index contributed by atoms with van der Waals surface area (Å²) in [5.74, 6) is 1.09. The first-order chi connectivity index (χ1) is 13.1. The second-order valence-electron chi connectivity index (χ2n) is 5.37. The van der Waals surface area contributed by atoms with E-state index in [0.29, 0.717) is 33.9 Å². The molecule has 0 saturated heterocycles. The summed E-state index contributed by atoms with van der Waals surface area (Å²) >= 11 is 2.75. The van der Waals surface area contributed by atoms with Gasteiger partial charge in [0, 0.05) is 18.1 Å². The summed E-state index contributed by atoms with van der Waals surface area (Å²) in [7, 11) is 4.76. The van der Waals surface area contributed by atoms with Crippen LogP contribution in [0.15, 0.2) is 23.6 Å². The summed E-state index contributed by atoms with van der Waals surface area (Å²) in [6.07, 6.45) is 0.156. The van der Waals surface area contributed by atoms with Crippen LogP contribution >= 0.6 is 22.7 Å². The number of carbonyl (C=O) groups excluding carboxylic acids is 1. The largest absolute Gasteiger partial charge is 0.493 e. The molecule has 3 rings (SSSR count). The molecule has 142 valence electrons. The van der Waals surface area contributed by atoms with Crippen molar-refractivity contribution in [1.29, 1.82) is 0 Å². The van der Waals surface area contributed by atoms with Gasteiger partial charge in [-0.15, -0.1) is 21.5 Å². The summed E-state index contributed by atoms with van der Waals surface area (Å²) in [6, 6.07) is 5.59. The highest BCUT2D eigenvalue weighted by Gasteiger charge is 2.13. The summed E-state index contributed by atoms with van der Waals surface area (Å²) in [6.45, 7) is 0.369. The molecule has 0 unspecified atom stereocenters. The van der Waals surface area contributed by atoms with Crippen molar-refractivity contribution in [2.24, 2.45) is 0 Å². The van der Waals surface area contributed by atoms with Crippen molar-refractivity contribution in [3.63, 3.8) is 0 Å². The molecule has 10 heteroatoms. The van der Waals surface area contributed by atoms with Crippen LogP contribution in [0.25, 0.3) is 10.6 Å². The van der Waals surface area contributed by atoms with E-state index in [0.717, 1.165) is 10.6 Å². The Labute approximate surface area is 164 Å². The predicted octanol–water partition coefficient (Wildman–Crippen LogP) is 3.01. The third-order valence-corrected chi connectivity index (χ3v) is 5.26. The Balaban J connectivity index is 1.65. The molecule has 27 heavy (non-hydrogen) atoms. The van der Waals surface area contributed by atoms with Gasteiger partial charge < -0.3 is 19.5 Å². The van der Waals surface area contributed by atoms with Crippen LogP contribution in [0.2, 0.25) is 0 Å². The quantitative estimate of drug-likeness (QED) is 0.614. The van der Waals surface area contributed by atoms with E-state index in [2.05, 4.69) is 20.5 Å². The van der Waals surface area contributed by atoms with Gasteiger partial charge in [0.1, 0.15) is 16.6 Å². The number of benzene rings is 1. The lowest BCUT2D eigenvalue weighted by atomic mass is 10.2. The average molecular weight is 406 g/mol. The molecule has 1 aromatic carbocycles. The molecule has 2 heterocycles. The fourth-order valence-corrected chi connectivity index (χ4v) is 3.85. The molecular formula is C17H18N4O4S2. The zero-order valence-corrected chi connectivity index (χ0v) is 16.6. The van der Waals surface area contributed by atoms with Crippen LogP contribution in [0, 0.1) is 0 Å². The molecule has 0 spiro atoms. The van der Waals surface area contributed by atoms with E-state index >= 15 is 0 Å². The minimum atomic E-state index is -0.195. The third-order valence-electron chi connectivity index (χ3n) is 3.50. The molecule has 1 amide bonds. The summed E-state index contributed by atoms with van der Waals surface area (Å²) in [5.41, 5.74) is 1.58. The number of nitrogens with zero attached hydrogens (tertiary/aromatic N) is 3. The Hall–Kier alpha value is -2.56. The van der Waals surface area contributed by atoms with Crippen LogP contribution in [0.5, 0.6) is 11.5 Å². The molecule has 1 N–H and O–H groups in total. The van der Waals surface area contributed by atoms with Gasteiger partial charge in [0.15, 0.2) is 11.5 Å². The van der Waals surface area contributed by atoms with Crippen molar-refractivity contribution < 1.29 is 19.0 Å². The van der Waals surface area contributed by atoms with Gasteiger partial charge in [-0.2, -0.15) is 0 Å².